The Morgan fingerprint density at radius 3 is 1.34 bits per heavy atom. The molecular formula is C65H90Ar2N2O. The van der Waals surface area contributed by atoms with Crippen LogP contribution in [0.15, 0.2) is 170 Å². The molecule has 0 amide bonds. The molecule has 0 N–H and O–H groups in total. The molecule has 0 saturated carbocycles. The SMILES string of the molecule is CC.CC.CC.CC.CC.CC.CC.CC.CC1(c2ccccc2)c2ccccc2-c2nc3ccccc3cc21.CCc1ccccc1C(C)=O.Cc1cc2ccccc2nc1-c1ccccc1.[Ar].[Ar]. The van der Waals surface area contributed by atoms with Crippen LogP contribution in [0.2, 0.25) is 0 Å². The van der Waals surface area contributed by atoms with Crippen molar-refractivity contribution in [1.82, 2.24) is 9.97 Å². The first-order valence-electron chi connectivity index (χ1n) is 25.9. The van der Waals surface area contributed by atoms with E-state index in [1.165, 1.54) is 44.2 Å². The van der Waals surface area contributed by atoms with E-state index in [-0.39, 0.29) is 86.7 Å². The summed E-state index contributed by atoms with van der Waals surface area (Å²) >= 11 is 0. The Bertz CT molecular complexity index is 2520. The molecular weight excluding hydrogens is 905 g/mol. The number of hydrogen-bond acceptors (Lipinski definition) is 3. The largest absolute Gasteiger partial charge is 0.295 e. The number of ketones is 1. The molecule has 6 aromatic carbocycles. The van der Waals surface area contributed by atoms with Crippen molar-refractivity contribution in [2.75, 3.05) is 0 Å². The maximum absolute atomic E-state index is 11.0. The van der Waals surface area contributed by atoms with Gasteiger partial charge < -0.3 is 0 Å². The molecule has 0 fully saturated rings. The van der Waals surface area contributed by atoms with Crippen molar-refractivity contribution in [2.24, 2.45) is 0 Å². The molecule has 1 unspecified atom stereocenters. The zero-order chi connectivity index (χ0) is 52.1. The van der Waals surface area contributed by atoms with Gasteiger partial charge in [-0.15, -0.1) is 0 Å². The molecule has 0 aliphatic heterocycles. The van der Waals surface area contributed by atoms with Crippen LogP contribution in [-0.2, 0) is 11.8 Å². The molecule has 2 aromatic heterocycles. The fourth-order valence-corrected chi connectivity index (χ4v) is 7.34. The minimum atomic E-state index is -0.162. The monoisotopic (exact) mass is 995 g/mol. The normalized spacial score (nSPS) is 11.1. The van der Waals surface area contributed by atoms with E-state index >= 15 is 0 Å². The number of hydrogen-bond donors (Lipinski definition) is 0. The van der Waals surface area contributed by atoms with Crippen molar-refractivity contribution in [3.8, 4) is 22.5 Å². The summed E-state index contributed by atoms with van der Waals surface area (Å²) in [5.41, 5.74) is 13.7. The standard InChI is InChI=1S/C23H17N.C16H13N.C10H12O.8C2H6.2Ar/c1-23(17-10-3-2-4-11-17)19-13-7-6-12-18(19)22-20(23)15-16-9-5-8-14-21(16)24-22;1-12-11-14-9-5-6-10-15(14)17-16(12)13-7-3-2-4-8-13;1-3-9-6-4-5-7-10(9)8(2)11;8*1-2;;/h2-15H,1H3;2-11H,1H3;4-7H,3H2,1-2H3;8*1-2H3;;. The second-order valence-electron chi connectivity index (χ2n) is 13.4. The van der Waals surface area contributed by atoms with Gasteiger partial charge in [0.05, 0.1) is 22.4 Å². The number of carbonyl (C=O) groups excluding carboxylic acids is 1. The maximum atomic E-state index is 11.0. The van der Waals surface area contributed by atoms with Gasteiger partial charge in [-0.25, -0.2) is 9.97 Å². The summed E-state index contributed by atoms with van der Waals surface area (Å²) < 4.78 is 0. The fourth-order valence-electron chi connectivity index (χ4n) is 7.34. The Balaban J connectivity index is -0.000000420. The van der Waals surface area contributed by atoms with E-state index in [1.54, 1.807) is 6.92 Å². The van der Waals surface area contributed by atoms with Gasteiger partial charge in [-0.1, -0.05) is 263 Å². The van der Waals surface area contributed by atoms with E-state index in [0.717, 1.165) is 40.0 Å². The molecule has 8 aromatic rings. The minimum Gasteiger partial charge on any atom is -0.295 e. The van der Waals surface area contributed by atoms with Crippen LogP contribution >= 0.6 is 0 Å². The van der Waals surface area contributed by atoms with E-state index < -0.39 is 0 Å². The van der Waals surface area contributed by atoms with Crippen LogP contribution in [0.3, 0.4) is 0 Å². The topological polar surface area (TPSA) is 42.9 Å². The minimum absolute atomic E-state index is 0. The first kappa shape index (κ1) is 72.9. The first-order chi connectivity index (χ1) is 33.4. The number of nitrogens with zero attached hydrogens (tertiary/aromatic N) is 2. The van der Waals surface area contributed by atoms with Crippen molar-refractivity contribution in [3.05, 3.63) is 203 Å². The number of Topliss-reactive ketones (excluding diaryl/α,β-unsaturated/α-hetero) is 1. The van der Waals surface area contributed by atoms with Crippen LogP contribution in [0.5, 0.6) is 0 Å². The van der Waals surface area contributed by atoms with Crippen molar-refractivity contribution >= 4 is 27.6 Å². The van der Waals surface area contributed by atoms with Crippen molar-refractivity contribution in [3.63, 3.8) is 0 Å². The Morgan fingerprint density at radius 1 is 0.457 bits per heavy atom. The van der Waals surface area contributed by atoms with Gasteiger partial charge in [-0.3, -0.25) is 4.79 Å². The average molecular weight is 995 g/mol. The molecule has 0 saturated heterocycles. The van der Waals surface area contributed by atoms with Crippen LogP contribution in [0.4, 0.5) is 0 Å². The van der Waals surface area contributed by atoms with Gasteiger partial charge in [-0.05, 0) is 79.3 Å². The van der Waals surface area contributed by atoms with Crippen LogP contribution in [0.25, 0.3) is 44.3 Å². The van der Waals surface area contributed by atoms with E-state index in [4.69, 9.17) is 9.97 Å². The average Bonchev–Trinajstić information content (AvgIpc) is 3.70. The number of para-hydroxylation sites is 2. The third-order valence-corrected chi connectivity index (χ3v) is 10.1. The molecule has 0 spiro atoms. The second kappa shape index (κ2) is 44.1. The van der Waals surface area contributed by atoms with Gasteiger partial charge >= 0.3 is 0 Å². The predicted molar refractivity (Wildman–Crippen MR) is 308 cm³/mol. The van der Waals surface area contributed by atoms with Crippen LogP contribution < -0.4 is 0 Å². The van der Waals surface area contributed by atoms with E-state index in [2.05, 4.69) is 136 Å². The Morgan fingerprint density at radius 2 is 0.857 bits per heavy atom. The molecule has 1 aliphatic carbocycles. The maximum Gasteiger partial charge on any atom is 0.160 e. The van der Waals surface area contributed by atoms with Gasteiger partial charge in [0.1, 0.15) is 0 Å². The summed E-state index contributed by atoms with van der Waals surface area (Å²) in [5, 5.41) is 2.40. The number of fused-ring (bicyclic) bond motifs is 5. The summed E-state index contributed by atoms with van der Waals surface area (Å²) in [4.78, 5) is 20.8. The molecule has 5 heteroatoms. The molecule has 1 aliphatic rings. The van der Waals surface area contributed by atoms with Crippen molar-refractivity contribution < 1.29 is 80.3 Å². The summed E-state index contributed by atoms with van der Waals surface area (Å²) in [7, 11) is 0. The summed E-state index contributed by atoms with van der Waals surface area (Å²) in [5.74, 6) is 0.155. The molecule has 382 valence electrons. The van der Waals surface area contributed by atoms with Crippen LogP contribution in [0, 0.1) is 82.4 Å². The van der Waals surface area contributed by atoms with Gasteiger partial charge in [0, 0.05) is 108 Å². The van der Waals surface area contributed by atoms with Crippen molar-refractivity contribution in [1.29, 1.82) is 0 Å². The quantitative estimate of drug-likeness (QED) is 0.165. The fraction of sp³-hybridized carbons (Fsp3) is 0.338. The molecule has 1 atom stereocenters. The molecule has 9 rings (SSSR count). The number of rotatable bonds is 4. The van der Waals surface area contributed by atoms with Gasteiger partial charge in [0.15, 0.2) is 5.78 Å². The van der Waals surface area contributed by atoms with Crippen LogP contribution in [0.1, 0.15) is 170 Å². The van der Waals surface area contributed by atoms with E-state index in [9.17, 15) is 4.79 Å². The molecule has 70 heavy (non-hydrogen) atoms. The third-order valence-electron chi connectivity index (χ3n) is 10.1. The van der Waals surface area contributed by atoms with Gasteiger partial charge in [-0.2, -0.15) is 0 Å². The van der Waals surface area contributed by atoms with E-state index in [0.29, 0.717) is 0 Å². The first-order valence-corrected chi connectivity index (χ1v) is 25.9. The van der Waals surface area contributed by atoms with Crippen LogP contribution in [-0.4, -0.2) is 15.8 Å². The smallest absolute Gasteiger partial charge is 0.160 e. The van der Waals surface area contributed by atoms with Gasteiger partial charge in [0.2, 0.25) is 0 Å². The Hall–Kier alpha value is -3.67. The molecule has 3 nitrogen and oxygen atoms in total. The summed E-state index contributed by atoms with van der Waals surface area (Å²) in [6.45, 7) is 40.1. The number of aromatic nitrogens is 2. The zero-order valence-corrected chi connectivity index (χ0v) is 48.3. The summed E-state index contributed by atoms with van der Waals surface area (Å²) in [6.07, 6.45) is 0.926. The zero-order valence-electron chi connectivity index (χ0n) is 46.9. The number of benzene rings is 6. The Kier molecular flexibility index (Phi) is 45.9. The third kappa shape index (κ3) is 20.4. The molecule has 0 radical (unpaired) electrons. The molecule has 2 heterocycles. The van der Waals surface area contributed by atoms with Crippen molar-refractivity contribution in [2.45, 2.75) is 150 Å². The van der Waals surface area contributed by atoms with E-state index in [1.807, 2.05) is 165 Å². The second-order valence-corrected chi connectivity index (χ2v) is 13.4. The number of pyridine rings is 2. The molecule has 0 bridgehead atoms. The predicted octanol–water partition coefficient (Wildman–Crippen LogP) is 20.4. The summed E-state index contributed by atoms with van der Waals surface area (Å²) in [6, 6.07) is 58.6. The number of aryl methyl sites for hydroxylation is 2. The van der Waals surface area contributed by atoms with Gasteiger partial charge in [0.25, 0.3) is 0 Å². The number of carbonyl (C=O) groups is 1. The Labute approximate surface area is 488 Å².